The summed E-state index contributed by atoms with van der Waals surface area (Å²) >= 11 is 0. The molecule has 2 rings (SSSR count). The molecule has 0 atom stereocenters. The molecular weight excluding hydrogens is 270 g/mol. The van der Waals surface area contributed by atoms with Crippen molar-refractivity contribution in [1.82, 2.24) is 15.5 Å². The number of aryl methyl sites for hydroxylation is 1. The first-order valence-electron chi connectivity index (χ1n) is 7.04. The van der Waals surface area contributed by atoms with Crippen LogP contribution in [0.15, 0.2) is 28.8 Å². The molecule has 114 valence electrons. The summed E-state index contributed by atoms with van der Waals surface area (Å²) in [5.74, 6) is 1.99. The van der Waals surface area contributed by atoms with Crippen LogP contribution in [0.4, 0.5) is 0 Å². The van der Waals surface area contributed by atoms with Crippen LogP contribution in [0.1, 0.15) is 24.2 Å². The van der Waals surface area contributed by atoms with E-state index in [2.05, 4.69) is 21.5 Å². The number of nitrogens with zero attached hydrogens (tertiary/aromatic N) is 2. The average Bonchev–Trinajstić information content (AvgIpc) is 2.98. The van der Waals surface area contributed by atoms with Gasteiger partial charge in [0.15, 0.2) is 6.61 Å². The van der Waals surface area contributed by atoms with E-state index in [0.717, 1.165) is 30.8 Å². The number of hydrogen-bond acceptors (Lipinski definition) is 6. The van der Waals surface area contributed by atoms with Crippen molar-refractivity contribution in [2.45, 2.75) is 26.5 Å². The predicted molar refractivity (Wildman–Crippen MR) is 78.0 cm³/mol. The number of benzene rings is 1. The van der Waals surface area contributed by atoms with Gasteiger partial charge in [0.05, 0.1) is 6.61 Å². The Morgan fingerprint density at radius 1 is 1.33 bits per heavy atom. The van der Waals surface area contributed by atoms with E-state index in [4.69, 9.17) is 14.0 Å². The van der Waals surface area contributed by atoms with E-state index in [0.29, 0.717) is 24.9 Å². The van der Waals surface area contributed by atoms with Crippen molar-refractivity contribution in [3.63, 3.8) is 0 Å². The van der Waals surface area contributed by atoms with Crippen LogP contribution in [0.5, 0.6) is 5.75 Å². The zero-order chi connectivity index (χ0) is 14.9. The second kappa shape index (κ2) is 8.39. The molecule has 0 bridgehead atoms. The third-order valence-electron chi connectivity index (χ3n) is 2.89. The number of nitrogens with one attached hydrogen (secondary N) is 1. The zero-order valence-corrected chi connectivity index (χ0v) is 12.5. The quantitative estimate of drug-likeness (QED) is 0.712. The Hall–Kier alpha value is -1.92. The molecule has 6 heteroatoms. The molecular formula is C15H21N3O3. The van der Waals surface area contributed by atoms with Crippen LogP contribution < -0.4 is 10.1 Å². The van der Waals surface area contributed by atoms with Crippen molar-refractivity contribution in [2.24, 2.45) is 0 Å². The Kier molecular flexibility index (Phi) is 6.18. The van der Waals surface area contributed by atoms with Gasteiger partial charge in [0, 0.05) is 26.6 Å². The third-order valence-corrected chi connectivity index (χ3v) is 2.89. The normalized spacial score (nSPS) is 10.8. The van der Waals surface area contributed by atoms with Crippen LogP contribution in [0.25, 0.3) is 0 Å². The maximum Gasteiger partial charge on any atom is 0.226 e. The van der Waals surface area contributed by atoms with E-state index >= 15 is 0 Å². The summed E-state index contributed by atoms with van der Waals surface area (Å²) in [4.78, 5) is 4.21. The Balaban J connectivity index is 1.82. The summed E-state index contributed by atoms with van der Waals surface area (Å²) in [5, 5.41) is 7.15. The van der Waals surface area contributed by atoms with Crippen molar-refractivity contribution in [3.05, 3.63) is 41.5 Å². The van der Waals surface area contributed by atoms with Gasteiger partial charge in [-0.3, -0.25) is 0 Å². The molecule has 6 nitrogen and oxygen atoms in total. The van der Waals surface area contributed by atoms with Crippen LogP contribution in [-0.4, -0.2) is 30.4 Å². The lowest BCUT2D eigenvalue weighted by Gasteiger charge is -2.07. The van der Waals surface area contributed by atoms with E-state index in [9.17, 15) is 0 Å². The summed E-state index contributed by atoms with van der Waals surface area (Å²) in [5.41, 5.74) is 1.16. The zero-order valence-electron chi connectivity index (χ0n) is 12.5. The lowest BCUT2D eigenvalue weighted by atomic mass is 10.2. The molecule has 0 aliphatic carbocycles. The molecule has 0 aliphatic rings. The lowest BCUT2D eigenvalue weighted by molar-refractivity contribution is 0.199. The maximum atomic E-state index is 5.68. The third kappa shape index (κ3) is 5.17. The molecule has 0 amide bonds. The molecule has 0 unspecified atom stereocenters. The van der Waals surface area contributed by atoms with Crippen LogP contribution >= 0.6 is 0 Å². The minimum atomic E-state index is 0.310. The van der Waals surface area contributed by atoms with Crippen molar-refractivity contribution < 1.29 is 14.0 Å². The molecule has 1 aromatic heterocycles. The second-order valence-corrected chi connectivity index (χ2v) is 4.56. The molecule has 0 aliphatic heterocycles. The largest absolute Gasteiger partial charge is 0.485 e. The van der Waals surface area contributed by atoms with Crippen molar-refractivity contribution >= 4 is 0 Å². The molecule has 0 fully saturated rings. The van der Waals surface area contributed by atoms with E-state index in [1.54, 1.807) is 7.11 Å². The van der Waals surface area contributed by atoms with Gasteiger partial charge in [-0.15, -0.1) is 0 Å². The highest BCUT2D eigenvalue weighted by molar-refractivity contribution is 5.28. The van der Waals surface area contributed by atoms with Gasteiger partial charge in [-0.2, -0.15) is 4.98 Å². The van der Waals surface area contributed by atoms with Gasteiger partial charge >= 0.3 is 0 Å². The summed E-state index contributed by atoms with van der Waals surface area (Å²) in [6, 6.07) is 7.94. The minimum Gasteiger partial charge on any atom is -0.485 e. The van der Waals surface area contributed by atoms with E-state index in [1.165, 1.54) is 0 Å². The predicted octanol–water partition coefficient (Wildman–Crippen LogP) is 1.95. The highest BCUT2D eigenvalue weighted by Crippen LogP contribution is 2.14. The minimum absolute atomic E-state index is 0.310. The van der Waals surface area contributed by atoms with Crippen LogP contribution in [0.3, 0.4) is 0 Å². The van der Waals surface area contributed by atoms with Gasteiger partial charge in [0.1, 0.15) is 5.75 Å². The monoisotopic (exact) mass is 291 g/mol. The first-order chi connectivity index (χ1) is 10.3. The second-order valence-electron chi connectivity index (χ2n) is 4.56. The first kappa shape index (κ1) is 15.5. The maximum absolute atomic E-state index is 5.68. The molecule has 1 heterocycles. The number of hydrogen-bond donors (Lipinski definition) is 1. The van der Waals surface area contributed by atoms with Crippen LogP contribution in [0, 0.1) is 0 Å². The Morgan fingerprint density at radius 2 is 2.24 bits per heavy atom. The highest BCUT2D eigenvalue weighted by atomic mass is 16.5. The fourth-order valence-corrected chi connectivity index (χ4v) is 1.79. The lowest BCUT2D eigenvalue weighted by Crippen LogP contribution is -2.18. The smallest absolute Gasteiger partial charge is 0.226 e. The fourth-order valence-electron chi connectivity index (χ4n) is 1.79. The average molecular weight is 291 g/mol. The SMILES string of the molecule is CCc1nc(COc2cccc(CNCCOC)c2)no1. The van der Waals surface area contributed by atoms with Crippen molar-refractivity contribution in [2.75, 3.05) is 20.3 Å². The topological polar surface area (TPSA) is 69.4 Å². The Labute approximate surface area is 124 Å². The van der Waals surface area contributed by atoms with Crippen molar-refractivity contribution in [3.8, 4) is 5.75 Å². The highest BCUT2D eigenvalue weighted by Gasteiger charge is 2.05. The molecule has 21 heavy (non-hydrogen) atoms. The summed E-state index contributed by atoms with van der Waals surface area (Å²) < 4.78 is 15.7. The van der Waals surface area contributed by atoms with Crippen LogP contribution in [-0.2, 0) is 24.3 Å². The van der Waals surface area contributed by atoms with Gasteiger partial charge in [-0.1, -0.05) is 24.2 Å². The molecule has 2 aromatic rings. The van der Waals surface area contributed by atoms with Gasteiger partial charge < -0.3 is 19.3 Å². The van der Waals surface area contributed by atoms with Gasteiger partial charge in [0.25, 0.3) is 0 Å². The van der Waals surface area contributed by atoms with Crippen molar-refractivity contribution in [1.29, 1.82) is 0 Å². The molecule has 1 aromatic carbocycles. The molecule has 0 saturated heterocycles. The molecule has 1 N–H and O–H groups in total. The summed E-state index contributed by atoms with van der Waals surface area (Å²) in [6.07, 6.45) is 0.732. The first-order valence-corrected chi connectivity index (χ1v) is 7.04. The van der Waals surface area contributed by atoms with E-state index in [1.807, 2.05) is 25.1 Å². The fraction of sp³-hybridized carbons (Fsp3) is 0.467. The number of aromatic nitrogens is 2. The number of rotatable bonds is 9. The summed E-state index contributed by atoms with van der Waals surface area (Å²) in [7, 11) is 1.69. The number of methoxy groups -OCH3 is 1. The Morgan fingerprint density at radius 3 is 3.00 bits per heavy atom. The van der Waals surface area contributed by atoms with Gasteiger partial charge in [-0.05, 0) is 17.7 Å². The van der Waals surface area contributed by atoms with Crippen LogP contribution in [0.2, 0.25) is 0 Å². The van der Waals surface area contributed by atoms with E-state index < -0.39 is 0 Å². The summed E-state index contributed by atoms with van der Waals surface area (Å²) in [6.45, 7) is 4.59. The molecule has 0 radical (unpaired) electrons. The van der Waals surface area contributed by atoms with E-state index in [-0.39, 0.29) is 0 Å². The molecule has 0 spiro atoms. The van der Waals surface area contributed by atoms with Gasteiger partial charge in [-0.25, -0.2) is 0 Å². The Bertz CT molecular complexity index is 542. The number of ether oxygens (including phenoxy) is 2. The molecule has 0 saturated carbocycles. The standard InChI is InChI=1S/C15H21N3O3/c1-3-15-17-14(18-21-15)11-20-13-6-4-5-12(9-13)10-16-7-8-19-2/h4-6,9,16H,3,7-8,10-11H2,1-2H3. The van der Waals surface area contributed by atoms with Gasteiger partial charge in [0.2, 0.25) is 11.7 Å².